The van der Waals surface area contributed by atoms with Gasteiger partial charge >= 0.3 is 5.97 Å². The topological polar surface area (TPSA) is 64.6 Å². The summed E-state index contributed by atoms with van der Waals surface area (Å²) in [5.41, 5.74) is 1.18. The maximum Gasteiger partial charge on any atom is 0.341 e. The fourth-order valence-electron chi connectivity index (χ4n) is 2.06. The van der Waals surface area contributed by atoms with E-state index in [1.165, 1.54) is 14.2 Å². The van der Waals surface area contributed by atoms with E-state index in [2.05, 4.69) is 12.2 Å². The first-order chi connectivity index (χ1) is 10.0. The molecule has 116 valence electrons. The Morgan fingerprint density at radius 1 is 1.29 bits per heavy atom. The summed E-state index contributed by atoms with van der Waals surface area (Å²) in [6.45, 7) is 4.34. The maximum absolute atomic E-state index is 11.9. The fourth-order valence-corrected chi connectivity index (χ4v) is 2.06. The number of ether oxygens (including phenoxy) is 2. The van der Waals surface area contributed by atoms with Gasteiger partial charge in [0.15, 0.2) is 0 Å². The van der Waals surface area contributed by atoms with Crippen LogP contribution in [0.2, 0.25) is 0 Å². The lowest BCUT2D eigenvalue weighted by molar-refractivity contribution is -0.124. The van der Waals surface area contributed by atoms with Crippen molar-refractivity contribution in [3.63, 3.8) is 0 Å². The van der Waals surface area contributed by atoms with Gasteiger partial charge in [-0.2, -0.15) is 0 Å². The third kappa shape index (κ3) is 4.77. The van der Waals surface area contributed by atoms with Crippen molar-refractivity contribution in [3.8, 4) is 5.75 Å². The highest BCUT2D eigenvalue weighted by atomic mass is 16.5. The Morgan fingerprint density at radius 3 is 2.57 bits per heavy atom. The van der Waals surface area contributed by atoms with Crippen molar-refractivity contribution in [3.05, 3.63) is 29.3 Å². The zero-order valence-corrected chi connectivity index (χ0v) is 13.1. The predicted octanol–water partition coefficient (Wildman–Crippen LogP) is 2.53. The van der Waals surface area contributed by atoms with Crippen LogP contribution in [0.3, 0.4) is 0 Å². The highest BCUT2D eigenvalue weighted by Gasteiger charge is 2.15. The number of esters is 1. The number of amides is 1. The molecule has 1 aromatic rings. The summed E-state index contributed by atoms with van der Waals surface area (Å²) in [7, 11) is 2.82. The first-order valence-corrected chi connectivity index (χ1v) is 7.06. The average Bonchev–Trinajstić information content (AvgIpc) is 2.51. The molecule has 0 spiro atoms. The molecular weight excluding hydrogens is 270 g/mol. The van der Waals surface area contributed by atoms with Gasteiger partial charge in [0.2, 0.25) is 5.91 Å². The minimum Gasteiger partial charge on any atom is -0.496 e. The molecular formula is C16H23NO4. The molecule has 1 N–H and O–H groups in total. The Morgan fingerprint density at radius 2 is 2.00 bits per heavy atom. The molecule has 1 unspecified atom stereocenters. The summed E-state index contributed by atoms with van der Waals surface area (Å²) in [6, 6.07) is 5.19. The van der Waals surface area contributed by atoms with Crippen molar-refractivity contribution in [2.24, 2.45) is 5.92 Å². The predicted molar refractivity (Wildman–Crippen MR) is 80.3 cm³/mol. The van der Waals surface area contributed by atoms with Crippen molar-refractivity contribution in [2.75, 3.05) is 14.2 Å². The van der Waals surface area contributed by atoms with E-state index in [4.69, 9.17) is 9.47 Å². The van der Waals surface area contributed by atoms with Gasteiger partial charge in [-0.15, -0.1) is 0 Å². The quantitative estimate of drug-likeness (QED) is 0.785. The number of hydrogen-bond donors (Lipinski definition) is 1. The molecule has 1 atom stereocenters. The van der Waals surface area contributed by atoms with Crippen LogP contribution >= 0.6 is 0 Å². The number of rotatable bonds is 7. The van der Waals surface area contributed by atoms with Gasteiger partial charge in [0, 0.05) is 12.5 Å². The molecule has 0 aliphatic carbocycles. The van der Waals surface area contributed by atoms with Gasteiger partial charge in [-0.25, -0.2) is 4.79 Å². The summed E-state index contributed by atoms with van der Waals surface area (Å²) < 4.78 is 9.85. The van der Waals surface area contributed by atoms with E-state index in [0.717, 1.165) is 18.4 Å². The number of methoxy groups -OCH3 is 2. The van der Waals surface area contributed by atoms with Crippen LogP contribution in [0.4, 0.5) is 0 Å². The van der Waals surface area contributed by atoms with E-state index in [1.54, 1.807) is 12.1 Å². The molecule has 0 radical (unpaired) electrons. The first-order valence-electron chi connectivity index (χ1n) is 7.06. The second kappa shape index (κ2) is 8.29. The number of hydrogen-bond acceptors (Lipinski definition) is 4. The van der Waals surface area contributed by atoms with Crippen molar-refractivity contribution >= 4 is 11.9 Å². The number of nitrogens with one attached hydrogen (secondary N) is 1. The van der Waals surface area contributed by atoms with Gasteiger partial charge in [0.25, 0.3) is 0 Å². The van der Waals surface area contributed by atoms with Gasteiger partial charge < -0.3 is 14.8 Å². The first kappa shape index (κ1) is 17.0. The second-order valence-electron chi connectivity index (χ2n) is 4.93. The van der Waals surface area contributed by atoms with Gasteiger partial charge in [0.05, 0.1) is 14.2 Å². The Balaban J connectivity index is 2.76. The van der Waals surface area contributed by atoms with E-state index >= 15 is 0 Å². The minimum absolute atomic E-state index is 0.00618. The van der Waals surface area contributed by atoms with Crippen LogP contribution in [0.5, 0.6) is 5.75 Å². The van der Waals surface area contributed by atoms with Gasteiger partial charge in [-0.1, -0.05) is 26.3 Å². The summed E-state index contributed by atoms with van der Waals surface area (Å²) in [6.07, 6.45) is 1.84. The van der Waals surface area contributed by atoms with Crippen LogP contribution in [-0.4, -0.2) is 26.1 Å². The summed E-state index contributed by atoms with van der Waals surface area (Å²) in [4.78, 5) is 23.6. The van der Waals surface area contributed by atoms with Crippen LogP contribution in [0.15, 0.2) is 18.2 Å². The monoisotopic (exact) mass is 293 g/mol. The van der Waals surface area contributed by atoms with E-state index in [9.17, 15) is 9.59 Å². The summed E-state index contributed by atoms with van der Waals surface area (Å²) in [5.74, 6) is 0.0104. The maximum atomic E-state index is 11.9. The Bertz CT molecular complexity index is 499. The van der Waals surface area contributed by atoms with Crippen LogP contribution in [-0.2, 0) is 16.1 Å². The van der Waals surface area contributed by atoms with Gasteiger partial charge in [0.1, 0.15) is 11.3 Å². The van der Waals surface area contributed by atoms with E-state index in [1.807, 2.05) is 13.0 Å². The lowest BCUT2D eigenvalue weighted by atomic mass is 10.1. The SMILES string of the molecule is CCCC(C)C(=O)NCc1ccc(OC)c(C(=O)OC)c1. The van der Waals surface area contributed by atoms with Crippen LogP contribution in [0, 0.1) is 5.92 Å². The zero-order chi connectivity index (χ0) is 15.8. The highest BCUT2D eigenvalue weighted by Crippen LogP contribution is 2.20. The molecule has 1 amide bonds. The molecule has 0 saturated carbocycles. The van der Waals surface area contributed by atoms with E-state index in [0.29, 0.717) is 17.9 Å². The van der Waals surface area contributed by atoms with Crippen LogP contribution < -0.4 is 10.1 Å². The zero-order valence-electron chi connectivity index (χ0n) is 13.1. The van der Waals surface area contributed by atoms with Crippen LogP contribution in [0.25, 0.3) is 0 Å². The Kier molecular flexibility index (Phi) is 6.72. The normalized spacial score (nSPS) is 11.6. The number of carbonyl (C=O) groups excluding carboxylic acids is 2. The molecule has 21 heavy (non-hydrogen) atoms. The summed E-state index contributed by atoms with van der Waals surface area (Å²) in [5, 5.41) is 2.87. The van der Waals surface area contributed by atoms with Crippen molar-refractivity contribution < 1.29 is 19.1 Å². The van der Waals surface area contributed by atoms with E-state index in [-0.39, 0.29) is 11.8 Å². The van der Waals surface area contributed by atoms with Gasteiger partial charge in [-0.3, -0.25) is 4.79 Å². The molecule has 1 aromatic carbocycles. The highest BCUT2D eigenvalue weighted by molar-refractivity contribution is 5.92. The molecule has 5 nitrogen and oxygen atoms in total. The molecule has 0 fully saturated rings. The third-order valence-electron chi connectivity index (χ3n) is 3.31. The lowest BCUT2D eigenvalue weighted by Gasteiger charge is -2.12. The Hall–Kier alpha value is -2.04. The second-order valence-corrected chi connectivity index (χ2v) is 4.93. The Labute approximate surface area is 125 Å². The molecule has 0 saturated heterocycles. The standard InChI is InChI=1S/C16H23NO4/c1-5-6-11(2)15(18)17-10-12-7-8-14(20-3)13(9-12)16(19)21-4/h7-9,11H,5-6,10H2,1-4H3,(H,17,18). The minimum atomic E-state index is -0.459. The molecule has 5 heteroatoms. The van der Waals surface area contributed by atoms with Crippen molar-refractivity contribution in [2.45, 2.75) is 33.2 Å². The number of carbonyl (C=O) groups is 2. The van der Waals surface area contributed by atoms with Crippen LogP contribution in [0.1, 0.15) is 42.6 Å². The molecule has 0 aliphatic heterocycles. The smallest absolute Gasteiger partial charge is 0.341 e. The molecule has 0 aliphatic rings. The molecule has 1 rings (SSSR count). The third-order valence-corrected chi connectivity index (χ3v) is 3.31. The van der Waals surface area contributed by atoms with E-state index < -0.39 is 5.97 Å². The molecule has 0 bridgehead atoms. The van der Waals surface area contributed by atoms with Crippen molar-refractivity contribution in [1.29, 1.82) is 0 Å². The van der Waals surface area contributed by atoms with Gasteiger partial charge in [-0.05, 0) is 24.1 Å². The fraction of sp³-hybridized carbons (Fsp3) is 0.500. The molecule has 0 aromatic heterocycles. The van der Waals surface area contributed by atoms with Crippen molar-refractivity contribution in [1.82, 2.24) is 5.32 Å². The summed E-state index contributed by atoms with van der Waals surface area (Å²) >= 11 is 0. The largest absolute Gasteiger partial charge is 0.496 e. The lowest BCUT2D eigenvalue weighted by Crippen LogP contribution is -2.28. The number of benzene rings is 1. The average molecular weight is 293 g/mol. The molecule has 0 heterocycles.